The lowest BCUT2D eigenvalue weighted by Crippen LogP contribution is -2.47. The van der Waals surface area contributed by atoms with Crippen molar-refractivity contribution in [3.63, 3.8) is 0 Å². The van der Waals surface area contributed by atoms with Gasteiger partial charge in [-0.2, -0.15) is 17.5 Å². The minimum Gasteiger partial charge on any atom is -0.481 e. The number of sulfonamides is 1. The van der Waals surface area contributed by atoms with Crippen LogP contribution in [0.2, 0.25) is 0 Å². The van der Waals surface area contributed by atoms with Crippen LogP contribution in [0.15, 0.2) is 47.4 Å². The number of alkyl halides is 3. The van der Waals surface area contributed by atoms with Crippen LogP contribution in [0.5, 0.6) is 0 Å². The van der Waals surface area contributed by atoms with Gasteiger partial charge in [-0.1, -0.05) is 38.1 Å². The number of carboxylic acids is 1. The Kier molecular flexibility index (Phi) is 10.5. The number of nitrogens with zero attached hydrogens (tertiary/aromatic N) is 1. The second-order valence-electron chi connectivity index (χ2n) is 10.5. The van der Waals surface area contributed by atoms with Crippen LogP contribution in [0.4, 0.5) is 13.2 Å². The number of carbonyl (C=O) groups is 1. The molecule has 1 atom stereocenters. The summed E-state index contributed by atoms with van der Waals surface area (Å²) in [6.07, 6.45) is -5.98. The SMILES string of the molecule is CC(C)c1ccc(CC(C)(C)NC[C@@H](O)CN(C)S(=O)(=O)c2cc(CCC(=O)O)cc(C(F)(F)F)c2)cc1. The van der Waals surface area contributed by atoms with E-state index in [1.54, 1.807) is 0 Å². The van der Waals surface area contributed by atoms with Crippen molar-refractivity contribution in [2.24, 2.45) is 0 Å². The van der Waals surface area contributed by atoms with E-state index in [1.165, 1.54) is 12.6 Å². The van der Waals surface area contributed by atoms with E-state index in [1.807, 2.05) is 13.8 Å². The van der Waals surface area contributed by atoms with E-state index in [-0.39, 0.29) is 25.1 Å². The van der Waals surface area contributed by atoms with E-state index in [9.17, 15) is 31.5 Å². The number of β-amino-alcohol motifs (C(OH)–C–C–N with tert-alkyl or cyclic N) is 1. The molecule has 11 heteroatoms. The van der Waals surface area contributed by atoms with Crippen molar-refractivity contribution in [2.75, 3.05) is 20.1 Å². The Morgan fingerprint density at radius 2 is 1.66 bits per heavy atom. The smallest absolute Gasteiger partial charge is 0.416 e. The fourth-order valence-electron chi connectivity index (χ4n) is 4.00. The Morgan fingerprint density at radius 3 is 2.18 bits per heavy atom. The number of hydrogen-bond donors (Lipinski definition) is 3. The molecule has 0 amide bonds. The molecule has 0 unspecified atom stereocenters. The number of aryl methyl sites for hydroxylation is 1. The van der Waals surface area contributed by atoms with Gasteiger partial charge in [0.25, 0.3) is 0 Å². The fourth-order valence-corrected chi connectivity index (χ4v) is 5.30. The molecule has 0 saturated carbocycles. The molecule has 0 spiro atoms. The Labute approximate surface area is 222 Å². The molecule has 3 N–H and O–H groups in total. The second-order valence-corrected chi connectivity index (χ2v) is 12.6. The highest BCUT2D eigenvalue weighted by molar-refractivity contribution is 7.89. The number of halogens is 3. The first kappa shape index (κ1) is 31.7. The average molecular weight is 559 g/mol. The normalized spacial score (nSPS) is 13.8. The predicted octanol–water partition coefficient (Wildman–Crippen LogP) is 4.44. The van der Waals surface area contributed by atoms with Crippen molar-refractivity contribution in [2.45, 2.75) is 75.6 Å². The van der Waals surface area contributed by atoms with E-state index in [0.29, 0.717) is 18.4 Å². The molecule has 0 aliphatic carbocycles. The summed E-state index contributed by atoms with van der Waals surface area (Å²) in [4.78, 5) is 10.2. The van der Waals surface area contributed by atoms with E-state index < -0.39 is 50.7 Å². The highest BCUT2D eigenvalue weighted by Gasteiger charge is 2.34. The van der Waals surface area contributed by atoms with Gasteiger partial charge in [0, 0.05) is 32.1 Å². The summed E-state index contributed by atoms with van der Waals surface area (Å²) < 4.78 is 67.1. The molecule has 0 saturated heterocycles. The molecule has 0 aromatic heterocycles. The largest absolute Gasteiger partial charge is 0.481 e. The van der Waals surface area contributed by atoms with E-state index >= 15 is 0 Å². The third kappa shape index (κ3) is 9.37. The van der Waals surface area contributed by atoms with Gasteiger partial charge in [-0.25, -0.2) is 8.42 Å². The summed E-state index contributed by atoms with van der Waals surface area (Å²) >= 11 is 0. The first-order valence-electron chi connectivity index (χ1n) is 12.3. The minimum absolute atomic E-state index is 0.0559. The predicted molar refractivity (Wildman–Crippen MR) is 140 cm³/mol. The highest BCUT2D eigenvalue weighted by atomic mass is 32.2. The zero-order valence-electron chi connectivity index (χ0n) is 22.3. The molecular formula is C27H37F3N2O5S. The topological polar surface area (TPSA) is 107 Å². The van der Waals surface area contributed by atoms with E-state index in [2.05, 4.69) is 43.4 Å². The second kappa shape index (κ2) is 12.6. The van der Waals surface area contributed by atoms with Gasteiger partial charge in [0.05, 0.1) is 16.6 Å². The number of aliphatic carboxylic acids is 1. The van der Waals surface area contributed by atoms with Gasteiger partial charge < -0.3 is 15.5 Å². The van der Waals surface area contributed by atoms with E-state index in [4.69, 9.17) is 5.11 Å². The zero-order valence-corrected chi connectivity index (χ0v) is 23.2. The van der Waals surface area contributed by atoms with Gasteiger partial charge in [0.1, 0.15) is 0 Å². The van der Waals surface area contributed by atoms with Gasteiger partial charge in [0.2, 0.25) is 10.0 Å². The lowest BCUT2D eigenvalue weighted by atomic mass is 9.93. The first-order valence-corrected chi connectivity index (χ1v) is 13.8. The summed E-state index contributed by atoms with van der Waals surface area (Å²) in [5, 5.41) is 22.6. The Morgan fingerprint density at radius 1 is 1.05 bits per heavy atom. The van der Waals surface area contributed by atoms with Crippen molar-refractivity contribution in [1.82, 2.24) is 9.62 Å². The molecule has 0 radical (unpaired) electrons. The molecule has 0 bridgehead atoms. The van der Waals surface area contributed by atoms with Crippen molar-refractivity contribution in [1.29, 1.82) is 0 Å². The molecule has 212 valence electrons. The summed E-state index contributed by atoms with van der Waals surface area (Å²) in [5.74, 6) is -0.791. The standard InChI is InChI=1S/C27H37F3N2O5S/c1-18(2)21-9-6-19(7-10-21)15-26(3,4)31-16-23(33)17-32(5)38(36,37)24-13-20(8-11-25(34)35)12-22(14-24)27(28,29)30/h6-7,9-10,12-14,18,23,31,33H,8,11,15-17H2,1-5H3,(H,34,35)/t23-/m1/s1. The molecule has 0 aliphatic heterocycles. The zero-order chi connectivity index (χ0) is 28.9. The molecular weight excluding hydrogens is 521 g/mol. The average Bonchev–Trinajstić information content (AvgIpc) is 2.80. The monoisotopic (exact) mass is 558 g/mol. The maximum atomic E-state index is 13.4. The summed E-state index contributed by atoms with van der Waals surface area (Å²) in [6, 6.07) is 10.6. The van der Waals surface area contributed by atoms with Crippen molar-refractivity contribution < 1.29 is 36.6 Å². The van der Waals surface area contributed by atoms with Crippen LogP contribution in [0, 0.1) is 0 Å². The van der Waals surface area contributed by atoms with Crippen LogP contribution in [0.25, 0.3) is 0 Å². The lowest BCUT2D eigenvalue weighted by molar-refractivity contribution is -0.138. The Bertz CT molecular complexity index is 1200. The van der Waals surface area contributed by atoms with Gasteiger partial charge >= 0.3 is 12.1 Å². The van der Waals surface area contributed by atoms with E-state index in [0.717, 1.165) is 22.0 Å². The van der Waals surface area contributed by atoms with Crippen LogP contribution < -0.4 is 5.32 Å². The number of aliphatic hydroxyl groups excluding tert-OH is 1. The van der Waals surface area contributed by atoms with Crippen LogP contribution >= 0.6 is 0 Å². The number of benzene rings is 2. The van der Waals surface area contributed by atoms with Crippen LogP contribution in [0.3, 0.4) is 0 Å². The maximum absolute atomic E-state index is 13.4. The summed E-state index contributed by atoms with van der Waals surface area (Å²) in [5.41, 5.74) is 0.674. The highest BCUT2D eigenvalue weighted by Crippen LogP contribution is 2.32. The molecule has 2 aromatic rings. The van der Waals surface area contributed by atoms with Gasteiger partial charge in [-0.05, 0) is 67.5 Å². The molecule has 2 aromatic carbocycles. The third-order valence-corrected chi connectivity index (χ3v) is 8.01. The van der Waals surface area contributed by atoms with Crippen LogP contribution in [-0.4, -0.2) is 60.7 Å². The van der Waals surface area contributed by atoms with Gasteiger partial charge in [-0.3, -0.25) is 4.79 Å². The van der Waals surface area contributed by atoms with Crippen LogP contribution in [-0.2, 0) is 33.8 Å². The van der Waals surface area contributed by atoms with Crippen molar-refractivity contribution >= 4 is 16.0 Å². The quantitative estimate of drug-likeness (QED) is 0.336. The molecule has 0 aliphatic rings. The number of aliphatic hydroxyl groups is 1. The van der Waals surface area contributed by atoms with Crippen molar-refractivity contribution in [3.05, 3.63) is 64.7 Å². The number of hydrogen-bond acceptors (Lipinski definition) is 5. The summed E-state index contributed by atoms with van der Waals surface area (Å²) in [6.45, 7) is 7.85. The molecule has 7 nitrogen and oxygen atoms in total. The lowest BCUT2D eigenvalue weighted by Gasteiger charge is -2.29. The minimum atomic E-state index is -4.81. The fraction of sp³-hybridized carbons (Fsp3) is 0.519. The molecule has 2 rings (SSSR count). The number of rotatable bonds is 13. The van der Waals surface area contributed by atoms with Gasteiger partial charge in [-0.15, -0.1) is 0 Å². The Hall–Kier alpha value is -2.47. The number of likely N-dealkylation sites (N-methyl/N-ethyl adjacent to an activating group) is 1. The number of nitrogens with one attached hydrogen (secondary N) is 1. The van der Waals surface area contributed by atoms with Crippen molar-refractivity contribution in [3.8, 4) is 0 Å². The Balaban J connectivity index is 2.09. The molecule has 0 heterocycles. The maximum Gasteiger partial charge on any atom is 0.416 e. The molecule has 38 heavy (non-hydrogen) atoms. The van der Waals surface area contributed by atoms with Gasteiger partial charge in [0.15, 0.2) is 0 Å². The third-order valence-electron chi connectivity index (χ3n) is 6.21. The summed E-state index contributed by atoms with van der Waals surface area (Å²) in [7, 11) is -3.22. The molecule has 0 fully saturated rings. The van der Waals surface area contributed by atoms with Crippen LogP contribution in [0.1, 0.15) is 62.3 Å². The first-order chi connectivity index (χ1) is 17.4. The number of carboxylic acid groups (broad SMARTS) is 1.